The second kappa shape index (κ2) is 5.17. The summed E-state index contributed by atoms with van der Waals surface area (Å²) in [7, 11) is 1.63. The van der Waals surface area contributed by atoms with E-state index < -0.39 is 0 Å². The summed E-state index contributed by atoms with van der Waals surface area (Å²) in [5.74, 6) is 1.37. The van der Waals surface area contributed by atoms with Gasteiger partial charge in [-0.3, -0.25) is 4.90 Å². The molecule has 0 aliphatic carbocycles. The largest absolute Gasteiger partial charge is 0.493 e. The molecule has 0 atom stereocenters. The first-order chi connectivity index (χ1) is 9.78. The van der Waals surface area contributed by atoms with E-state index in [1.165, 1.54) is 10.5 Å². The number of fused-ring (bicyclic) bond motifs is 1. The number of hydrogen-bond donors (Lipinski definition) is 0. The van der Waals surface area contributed by atoms with Crippen LogP contribution in [0.5, 0.6) is 5.75 Å². The number of benzene rings is 1. The summed E-state index contributed by atoms with van der Waals surface area (Å²) >= 11 is 0. The van der Waals surface area contributed by atoms with E-state index in [9.17, 15) is 0 Å². The first kappa shape index (κ1) is 12.4. The Morgan fingerprint density at radius 2 is 2.05 bits per heavy atom. The average Bonchev–Trinajstić information content (AvgIpc) is 2.54. The highest BCUT2D eigenvalue weighted by Crippen LogP contribution is 2.29. The van der Waals surface area contributed by atoms with Crippen LogP contribution in [0.15, 0.2) is 30.6 Å². The fraction of sp³-hybridized carbons (Fsp3) is 0.267. The lowest BCUT2D eigenvalue weighted by molar-refractivity contribution is 0.288. The van der Waals surface area contributed by atoms with Crippen molar-refractivity contribution in [3.05, 3.63) is 36.2 Å². The number of aromatic nitrogens is 2. The standard InChI is InChI=1S/C15H14N4O/c1-19(10-16)15-17-8-13(9-18-15)11-4-5-14-12(7-11)3-2-6-20-14/h4-5,7-9H,2-3,6H2,1H3. The van der Waals surface area contributed by atoms with Crippen LogP contribution in [0.1, 0.15) is 12.0 Å². The normalized spacial score (nSPS) is 13.0. The van der Waals surface area contributed by atoms with E-state index in [1.807, 2.05) is 18.3 Å². The van der Waals surface area contributed by atoms with Crippen molar-refractivity contribution < 1.29 is 4.74 Å². The Morgan fingerprint density at radius 3 is 2.80 bits per heavy atom. The lowest BCUT2D eigenvalue weighted by Gasteiger charge is -2.17. The van der Waals surface area contributed by atoms with Crippen LogP contribution in [0.4, 0.5) is 5.95 Å². The minimum Gasteiger partial charge on any atom is -0.493 e. The topological polar surface area (TPSA) is 62.0 Å². The van der Waals surface area contributed by atoms with Crippen molar-refractivity contribution >= 4 is 5.95 Å². The molecule has 5 nitrogen and oxygen atoms in total. The molecule has 0 N–H and O–H groups in total. The van der Waals surface area contributed by atoms with E-state index in [2.05, 4.69) is 16.0 Å². The van der Waals surface area contributed by atoms with E-state index in [0.717, 1.165) is 36.3 Å². The second-order valence-corrected chi connectivity index (χ2v) is 4.71. The number of rotatable bonds is 2. The van der Waals surface area contributed by atoms with Gasteiger partial charge in [0.2, 0.25) is 5.95 Å². The van der Waals surface area contributed by atoms with Crippen molar-refractivity contribution in [1.29, 1.82) is 5.26 Å². The quantitative estimate of drug-likeness (QED) is 0.617. The van der Waals surface area contributed by atoms with Gasteiger partial charge in [-0.15, -0.1) is 0 Å². The van der Waals surface area contributed by atoms with Crippen molar-refractivity contribution in [2.75, 3.05) is 18.6 Å². The molecule has 0 fully saturated rings. The van der Waals surface area contributed by atoms with Crippen LogP contribution in [0.3, 0.4) is 0 Å². The first-order valence-corrected chi connectivity index (χ1v) is 6.49. The zero-order chi connectivity index (χ0) is 13.9. The molecule has 1 aliphatic rings. The van der Waals surface area contributed by atoms with Crippen LogP contribution in [-0.4, -0.2) is 23.6 Å². The highest BCUT2D eigenvalue weighted by molar-refractivity contribution is 5.65. The lowest BCUT2D eigenvalue weighted by atomic mass is 10.0. The Morgan fingerprint density at radius 1 is 1.25 bits per heavy atom. The molecule has 0 spiro atoms. The molecule has 5 heteroatoms. The number of aryl methyl sites for hydroxylation is 1. The van der Waals surface area contributed by atoms with Crippen molar-refractivity contribution in [2.24, 2.45) is 0 Å². The summed E-state index contributed by atoms with van der Waals surface area (Å²) < 4.78 is 5.61. The third-order valence-corrected chi connectivity index (χ3v) is 3.33. The smallest absolute Gasteiger partial charge is 0.238 e. The van der Waals surface area contributed by atoms with E-state index in [-0.39, 0.29) is 0 Å². The average molecular weight is 266 g/mol. The summed E-state index contributed by atoms with van der Waals surface area (Å²) in [5.41, 5.74) is 3.24. The van der Waals surface area contributed by atoms with Gasteiger partial charge in [0.15, 0.2) is 6.19 Å². The zero-order valence-corrected chi connectivity index (χ0v) is 11.2. The van der Waals surface area contributed by atoms with Gasteiger partial charge in [-0.1, -0.05) is 6.07 Å². The van der Waals surface area contributed by atoms with Gasteiger partial charge in [-0.25, -0.2) is 9.97 Å². The monoisotopic (exact) mass is 266 g/mol. The van der Waals surface area contributed by atoms with Crippen LogP contribution < -0.4 is 9.64 Å². The van der Waals surface area contributed by atoms with Crippen molar-refractivity contribution in [2.45, 2.75) is 12.8 Å². The summed E-state index contributed by atoms with van der Waals surface area (Å²) in [6, 6.07) is 6.14. The van der Waals surface area contributed by atoms with Crippen molar-refractivity contribution in [3.8, 4) is 23.1 Å². The molecular formula is C15H14N4O. The minimum absolute atomic E-state index is 0.401. The van der Waals surface area contributed by atoms with Crippen molar-refractivity contribution in [1.82, 2.24) is 9.97 Å². The maximum Gasteiger partial charge on any atom is 0.238 e. The molecule has 1 aromatic carbocycles. The summed E-state index contributed by atoms with van der Waals surface area (Å²) in [6.07, 6.45) is 7.54. The molecule has 1 aliphatic heterocycles. The Bertz CT molecular complexity index is 661. The van der Waals surface area contributed by atoms with E-state index in [4.69, 9.17) is 10.00 Å². The van der Waals surface area contributed by atoms with Crippen molar-refractivity contribution in [3.63, 3.8) is 0 Å². The SMILES string of the molecule is CN(C#N)c1ncc(-c2ccc3c(c2)CCCO3)cn1. The Hall–Kier alpha value is -2.61. The maximum atomic E-state index is 8.79. The third kappa shape index (κ3) is 2.28. The molecule has 0 unspecified atom stereocenters. The van der Waals surface area contributed by atoms with Gasteiger partial charge >= 0.3 is 0 Å². The molecule has 0 radical (unpaired) electrons. The third-order valence-electron chi connectivity index (χ3n) is 3.33. The fourth-order valence-corrected chi connectivity index (χ4v) is 2.23. The predicted molar refractivity (Wildman–Crippen MR) is 75.3 cm³/mol. The van der Waals surface area contributed by atoms with Crippen LogP contribution >= 0.6 is 0 Å². The molecule has 20 heavy (non-hydrogen) atoms. The summed E-state index contributed by atoms with van der Waals surface area (Å²) in [6.45, 7) is 0.796. The molecule has 100 valence electrons. The number of anilines is 1. The Balaban J connectivity index is 1.91. The minimum atomic E-state index is 0.401. The first-order valence-electron chi connectivity index (χ1n) is 6.49. The number of nitrogens with zero attached hydrogens (tertiary/aromatic N) is 4. The van der Waals surface area contributed by atoms with Crippen LogP contribution in [0.2, 0.25) is 0 Å². The molecule has 0 saturated heterocycles. The highest BCUT2D eigenvalue weighted by atomic mass is 16.5. The van der Waals surface area contributed by atoms with Gasteiger partial charge in [-0.2, -0.15) is 5.26 Å². The van der Waals surface area contributed by atoms with Gasteiger partial charge in [0.25, 0.3) is 0 Å². The number of hydrogen-bond acceptors (Lipinski definition) is 5. The van der Waals surface area contributed by atoms with Gasteiger partial charge in [-0.05, 0) is 36.1 Å². The van der Waals surface area contributed by atoms with Gasteiger partial charge in [0.1, 0.15) is 5.75 Å². The van der Waals surface area contributed by atoms with E-state index in [0.29, 0.717) is 5.95 Å². The summed E-state index contributed by atoms with van der Waals surface area (Å²) in [4.78, 5) is 9.72. The zero-order valence-electron chi connectivity index (χ0n) is 11.2. The Kier molecular flexibility index (Phi) is 3.21. The van der Waals surface area contributed by atoms with Gasteiger partial charge in [0.05, 0.1) is 6.61 Å². The number of ether oxygens (including phenoxy) is 1. The lowest BCUT2D eigenvalue weighted by Crippen LogP contribution is -2.11. The van der Waals surface area contributed by atoms with Gasteiger partial charge in [0, 0.05) is 25.0 Å². The van der Waals surface area contributed by atoms with Crippen LogP contribution in [0, 0.1) is 11.5 Å². The molecule has 1 aromatic heterocycles. The molecule has 0 amide bonds. The fourth-order valence-electron chi connectivity index (χ4n) is 2.23. The molecule has 0 bridgehead atoms. The molecule has 3 rings (SSSR count). The Labute approximate surface area is 117 Å². The maximum absolute atomic E-state index is 8.79. The molecule has 0 saturated carbocycles. The second-order valence-electron chi connectivity index (χ2n) is 4.71. The van der Waals surface area contributed by atoms with E-state index in [1.54, 1.807) is 19.4 Å². The molecule has 2 heterocycles. The van der Waals surface area contributed by atoms with Crippen LogP contribution in [-0.2, 0) is 6.42 Å². The predicted octanol–water partition coefficient (Wildman–Crippen LogP) is 2.39. The highest BCUT2D eigenvalue weighted by Gasteiger charge is 2.12. The van der Waals surface area contributed by atoms with Gasteiger partial charge < -0.3 is 4.74 Å². The van der Waals surface area contributed by atoms with Crippen LogP contribution in [0.25, 0.3) is 11.1 Å². The molecule has 2 aromatic rings. The van der Waals surface area contributed by atoms with E-state index >= 15 is 0 Å². The summed E-state index contributed by atoms with van der Waals surface area (Å²) in [5, 5.41) is 8.79. The molecular weight excluding hydrogens is 252 g/mol. The number of nitriles is 1.